The van der Waals surface area contributed by atoms with Crippen LogP contribution in [-0.2, 0) is 14.0 Å². The highest BCUT2D eigenvalue weighted by atomic mass is 28.4. The first-order valence-electron chi connectivity index (χ1n) is 6.33. The van der Waals surface area contributed by atoms with Crippen LogP contribution in [0.25, 0.3) is 0 Å². The summed E-state index contributed by atoms with van der Waals surface area (Å²) in [5.41, 5.74) is 0. The molecule has 0 unspecified atom stereocenters. The number of rotatable bonds is 3. The fourth-order valence-electron chi connectivity index (χ4n) is 1.85. The fourth-order valence-corrected chi connectivity index (χ4v) is 3.25. The van der Waals surface area contributed by atoms with Crippen molar-refractivity contribution in [3.8, 4) is 0 Å². The standard InChI is InChI=1S/C13H24O3Si/c1-13(2,3)17(4,5)16-11-6-7-12(15)10(8-11)9-14/h9-11H,6-8H2,1-5H3/t10-,11-/m0/s1. The monoisotopic (exact) mass is 256 g/mol. The topological polar surface area (TPSA) is 43.4 Å². The van der Waals surface area contributed by atoms with Crippen LogP contribution in [0.5, 0.6) is 0 Å². The number of Topliss-reactive ketones (excluding diaryl/α,β-unsaturated/α-hetero) is 1. The van der Waals surface area contributed by atoms with E-state index < -0.39 is 14.2 Å². The molecule has 1 aliphatic rings. The van der Waals surface area contributed by atoms with E-state index in [0.29, 0.717) is 12.8 Å². The molecule has 98 valence electrons. The van der Waals surface area contributed by atoms with Gasteiger partial charge in [-0.3, -0.25) is 4.79 Å². The molecule has 4 heteroatoms. The number of ketones is 1. The summed E-state index contributed by atoms with van der Waals surface area (Å²) < 4.78 is 6.25. The van der Waals surface area contributed by atoms with E-state index in [2.05, 4.69) is 33.9 Å². The molecule has 1 aliphatic carbocycles. The third-order valence-corrected chi connectivity index (χ3v) is 8.61. The second-order valence-corrected chi connectivity index (χ2v) is 11.2. The molecular formula is C13H24O3Si. The Hall–Kier alpha value is -0.483. The summed E-state index contributed by atoms with van der Waals surface area (Å²) in [6, 6.07) is 0. The first-order chi connectivity index (χ1) is 7.67. The molecule has 0 aromatic rings. The Bertz CT molecular complexity index is 304. The summed E-state index contributed by atoms with van der Waals surface area (Å²) in [7, 11) is -1.78. The quantitative estimate of drug-likeness (QED) is 0.443. The zero-order valence-electron chi connectivity index (χ0n) is 11.6. The number of aldehydes is 1. The van der Waals surface area contributed by atoms with Gasteiger partial charge in [0.25, 0.3) is 0 Å². The number of carbonyl (C=O) groups is 2. The van der Waals surface area contributed by atoms with Crippen molar-refractivity contribution in [2.24, 2.45) is 5.92 Å². The maximum Gasteiger partial charge on any atom is 0.192 e. The molecule has 1 fully saturated rings. The Kier molecular flexibility index (Phi) is 4.31. The van der Waals surface area contributed by atoms with Crippen LogP contribution in [0, 0.1) is 5.92 Å². The predicted octanol–water partition coefficient (Wildman–Crippen LogP) is 2.94. The highest BCUT2D eigenvalue weighted by molar-refractivity contribution is 6.74. The van der Waals surface area contributed by atoms with Crippen molar-refractivity contribution < 1.29 is 14.0 Å². The molecule has 17 heavy (non-hydrogen) atoms. The largest absolute Gasteiger partial charge is 0.414 e. The lowest BCUT2D eigenvalue weighted by Crippen LogP contribution is -2.46. The van der Waals surface area contributed by atoms with Crippen LogP contribution in [0.15, 0.2) is 0 Å². The molecule has 1 rings (SSSR count). The molecule has 0 radical (unpaired) electrons. The van der Waals surface area contributed by atoms with Gasteiger partial charge in [0.2, 0.25) is 0 Å². The summed E-state index contributed by atoms with van der Waals surface area (Å²) in [5, 5.41) is 0.172. The highest BCUT2D eigenvalue weighted by Crippen LogP contribution is 2.39. The Balaban J connectivity index is 2.65. The first-order valence-corrected chi connectivity index (χ1v) is 9.24. The van der Waals surface area contributed by atoms with Crippen molar-refractivity contribution in [1.29, 1.82) is 0 Å². The van der Waals surface area contributed by atoms with Crippen LogP contribution in [0.1, 0.15) is 40.0 Å². The minimum absolute atomic E-state index is 0.0788. The summed E-state index contributed by atoms with van der Waals surface area (Å²) in [6.07, 6.45) is 2.71. The summed E-state index contributed by atoms with van der Waals surface area (Å²) in [5.74, 6) is -0.353. The van der Waals surface area contributed by atoms with Crippen LogP contribution in [0.4, 0.5) is 0 Å². The predicted molar refractivity (Wildman–Crippen MR) is 70.5 cm³/mol. The van der Waals surface area contributed by atoms with Crippen LogP contribution < -0.4 is 0 Å². The molecule has 0 N–H and O–H groups in total. The average Bonchev–Trinajstić information content (AvgIpc) is 2.19. The SMILES string of the molecule is CC(C)(C)[Si](C)(C)O[C@H]1CCC(=O)[C@H](C=O)C1. The summed E-state index contributed by atoms with van der Waals surface area (Å²) in [4.78, 5) is 22.3. The van der Waals surface area contributed by atoms with Crippen LogP contribution in [0.2, 0.25) is 18.1 Å². The van der Waals surface area contributed by atoms with Crippen LogP contribution >= 0.6 is 0 Å². The van der Waals surface area contributed by atoms with Crippen molar-refractivity contribution in [1.82, 2.24) is 0 Å². The van der Waals surface area contributed by atoms with E-state index >= 15 is 0 Å². The maximum atomic E-state index is 11.5. The van der Waals surface area contributed by atoms with E-state index in [-0.39, 0.29) is 16.9 Å². The Morgan fingerprint density at radius 1 is 1.35 bits per heavy atom. The third kappa shape index (κ3) is 3.49. The molecule has 0 saturated heterocycles. The molecule has 2 atom stereocenters. The third-order valence-electron chi connectivity index (χ3n) is 4.07. The smallest absolute Gasteiger partial charge is 0.192 e. The van der Waals surface area contributed by atoms with E-state index in [1.807, 2.05) is 0 Å². The molecule has 0 spiro atoms. The zero-order valence-corrected chi connectivity index (χ0v) is 12.6. The van der Waals surface area contributed by atoms with Gasteiger partial charge in [-0.25, -0.2) is 0 Å². The zero-order chi connectivity index (χ0) is 13.3. The van der Waals surface area contributed by atoms with E-state index in [1.54, 1.807) is 0 Å². The van der Waals surface area contributed by atoms with Crippen molar-refractivity contribution in [2.45, 2.75) is 64.3 Å². The van der Waals surface area contributed by atoms with E-state index in [0.717, 1.165) is 12.7 Å². The van der Waals surface area contributed by atoms with E-state index in [1.165, 1.54) is 0 Å². The summed E-state index contributed by atoms with van der Waals surface area (Å²) in [6.45, 7) is 11.0. The van der Waals surface area contributed by atoms with Crippen molar-refractivity contribution in [2.75, 3.05) is 0 Å². The molecule has 0 amide bonds. The van der Waals surface area contributed by atoms with Gasteiger partial charge in [0.1, 0.15) is 12.1 Å². The number of hydrogen-bond donors (Lipinski definition) is 0. The van der Waals surface area contributed by atoms with Crippen molar-refractivity contribution in [3.05, 3.63) is 0 Å². The molecule has 3 nitrogen and oxygen atoms in total. The lowest BCUT2D eigenvalue weighted by atomic mass is 9.87. The van der Waals surface area contributed by atoms with Gasteiger partial charge in [-0.2, -0.15) is 0 Å². The normalized spacial score (nSPS) is 27.0. The van der Waals surface area contributed by atoms with E-state index in [4.69, 9.17) is 4.43 Å². The fraction of sp³-hybridized carbons (Fsp3) is 0.846. The van der Waals surface area contributed by atoms with Gasteiger partial charge in [0.15, 0.2) is 8.32 Å². The number of carbonyl (C=O) groups excluding carboxylic acids is 2. The molecule has 0 aliphatic heterocycles. The Morgan fingerprint density at radius 3 is 2.41 bits per heavy atom. The minimum atomic E-state index is -1.78. The van der Waals surface area contributed by atoms with Gasteiger partial charge in [-0.15, -0.1) is 0 Å². The van der Waals surface area contributed by atoms with Gasteiger partial charge in [0.05, 0.1) is 5.92 Å². The van der Waals surface area contributed by atoms with Gasteiger partial charge in [0, 0.05) is 12.5 Å². The lowest BCUT2D eigenvalue weighted by molar-refractivity contribution is -0.131. The maximum absolute atomic E-state index is 11.5. The van der Waals surface area contributed by atoms with Gasteiger partial charge < -0.3 is 9.22 Å². The lowest BCUT2D eigenvalue weighted by Gasteiger charge is -2.40. The minimum Gasteiger partial charge on any atom is -0.414 e. The summed E-state index contributed by atoms with van der Waals surface area (Å²) >= 11 is 0. The average molecular weight is 256 g/mol. The molecule has 0 heterocycles. The molecule has 1 saturated carbocycles. The Labute approximate surface area is 105 Å². The molecule has 0 aromatic carbocycles. The van der Waals surface area contributed by atoms with Crippen LogP contribution in [0.3, 0.4) is 0 Å². The molecule has 0 bridgehead atoms. The molecule has 0 aromatic heterocycles. The van der Waals surface area contributed by atoms with Crippen LogP contribution in [-0.4, -0.2) is 26.5 Å². The highest BCUT2D eigenvalue weighted by Gasteiger charge is 2.41. The van der Waals surface area contributed by atoms with Crippen molar-refractivity contribution in [3.63, 3.8) is 0 Å². The second-order valence-electron chi connectivity index (χ2n) is 6.48. The van der Waals surface area contributed by atoms with Gasteiger partial charge in [-0.05, 0) is 31.0 Å². The first kappa shape index (κ1) is 14.6. The van der Waals surface area contributed by atoms with Gasteiger partial charge >= 0.3 is 0 Å². The number of hydrogen-bond acceptors (Lipinski definition) is 3. The second kappa shape index (κ2) is 5.02. The van der Waals surface area contributed by atoms with Crippen molar-refractivity contribution >= 4 is 20.4 Å². The Morgan fingerprint density at radius 2 is 1.94 bits per heavy atom. The molecular weight excluding hydrogens is 232 g/mol. The van der Waals surface area contributed by atoms with E-state index in [9.17, 15) is 9.59 Å². The van der Waals surface area contributed by atoms with Gasteiger partial charge in [-0.1, -0.05) is 20.8 Å².